The van der Waals surface area contributed by atoms with Gasteiger partial charge in [0.2, 0.25) is 5.91 Å². The third-order valence-electron chi connectivity index (χ3n) is 3.50. The maximum absolute atomic E-state index is 12.0. The van der Waals surface area contributed by atoms with E-state index >= 15 is 0 Å². The minimum atomic E-state index is -0.448. The van der Waals surface area contributed by atoms with Gasteiger partial charge in [-0.1, -0.05) is 30.3 Å². The largest absolute Gasteiger partial charge is 0.392 e. The zero-order valence-corrected chi connectivity index (χ0v) is 11.6. The number of carbonyl (C=O) groups is 1. The molecule has 21 heavy (non-hydrogen) atoms. The molecule has 110 valence electrons. The maximum Gasteiger partial charge on any atom is 0.242 e. The SMILES string of the molecule is O=C(Nc1ccn(Cc2ccccc2)n1)[C@@H]1C[C@H](O)CN1. The lowest BCUT2D eigenvalue weighted by atomic mass is 10.2. The number of aliphatic hydroxyl groups is 1. The molecular formula is C15H18N4O2. The summed E-state index contributed by atoms with van der Waals surface area (Å²) in [5.74, 6) is 0.371. The molecule has 6 heteroatoms. The Morgan fingerprint density at radius 1 is 1.38 bits per heavy atom. The van der Waals surface area contributed by atoms with Crippen LogP contribution in [0, 0.1) is 0 Å². The van der Waals surface area contributed by atoms with E-state index in [2.05, 4.69) is 15.7 Å². The quantitative estimate of drug-likeness (QED) is 0.769. The highest BCUT2D eigenvalue weighted by molar-refractivity contribution is 5.94. The van der Waals surface area contributed by atoms with Gasteiger partial charge in [-0.15, -0.1) is 0 Å². The normalized spacial score (nSPS) is 21.4. The first-order chi connectivity index (χ1) is 10.2. The average molecular weight is 286 g/mol. The smallest absolute Gasteiger partial charge is 0.242 e. The van der Waals surface area contributed by atoms with Gasteiger partial charge in [-0.2, -0.15) is 5.10 Å². The fourth-order valence-corrected chi connectivity index (χ4v) is 2.42. The zero-order valence-electron chi connectivity index (χ0n) is 11.6. The number of hydrogen-bond donors (Lipinski definition) is 3. The van der Waals surface area contributed by atoms with Crippen LogP contribution in [0.1, 0.15) is 12.0 Å². The van der Waals surface area contributed by atoms with E-state index in [0.717, 1.165) is 5.56 Å². The number of carbonyl (C=O) groups excluding carboxylic acids is 1. The Morgan fingerprint density at radius 2 is 2.19 bits per heavy atom. The van der Waals surface area contributed by atoms with Gasteiger partial charge in [0.1, 0.15) is 0 Å². The van der Waals surface area contributed by atoms with Gasteiger partial charge in [0.05, 0.1) is 18.7 Å². The van der Waals surface area contributed by atoms with Crippen molar-refractivity contribution < 1.29 is 9.90 Å². The Kier molecular flexibility index (Phi) is 3.98. The van der Waals surface area contributed by atoms with E-state index in [9.17, 15) is 9.90 Å². The highest BCUT2D eigenvalue weighted by atomic mass is 16.3. The lowest BCUT2D eigenvalue weighted by Crippen LogP contribution is -2.35. The third-order valence-corrected chi connectivity index (χ3v) is 3.50. The first-order valence-corrected chi connectivity index (χ1v) is 7.00. The fraction of sp³-hybridized carbons (Fsp3) is 0.333. The predicted octanol–water partition coefficient (Wildman–Crippen LogP) is 0.593. The lowest BCUT2D eigenvalue weighted by molar-refractivity contribution is -0.118. The van der Waals surface area contributed by atoms with Crippen LogP contribution in [0.5, 0.6) is 0 Å². The molecule has 3 rings (SSSR count). The molecule has 0 aliphatic carbocycles. The van der Waals surface area contributed by atoms with Crippen LogP contribution >= 0.6 is 0 Å². The van der Waals surface area contributed by atoms with E-state index in [1.165, 1.54) is 0 Å². The van der Waals surface area contributed by atoms with Crippen molar-refractivity contribution in [2.45, 2.75) is 25.1 Å². The van der Waals surface area contributed by atoms with E-state index in [4.69, 9.17) is 0 Å². The summed E-state index contributed by atoms with van der Waals surface area (Å²) in [5, 5.41) is 19.5. The second-order valence-corrected chi connectivity index (χ2v) is 5.22. The topological polar surface area (TPSA) is 79.2 Å². The van der Waals surface area contributed by atoms with Gasteiger partial charge < -0.3 is 15.7 Å². The van der Waals surface area contributed by atoms with E-state index in [-0.39, 0.29) is 11.9 Å². The molecule has 3 N–H and O–H groups in total. The third kappa shape index (κ3) is 3.48. The van der Waals surface area contributed by atoms with Crippen LogP contribution in [0.2, 0.25) is 0 Å². The fourth-order valence-electron chi connectivity index (χ4n) is 2.42. The second kappa shape index (κ2) is 6.07. The molecule has 2 heterocycles. The molecule has 1 amide bonds. The van der Waals surface area contributed by atoms with Gasteiger partial charge in [0.15, 0.2) is 5.82 Å². The predicted molar refractivity (Wildman–Crippen MR) is 78.8 cm³/mol. The molecule has 0 saturated carbocycles. The summed E-state index contributed by atoms with van der Waals surface area (Å²) in [5.41, 5.74) is 1.15. The standard InChI is InChI=1S/C15H18N4O2/c20-12-8-13(16-9-12)15(21)17-14-6-7-19(18-14)10-11-4-2-1-3-5-11/h1-7,12-13,16,20H,8-10H2,(H,17,18,21)/t12-,13-/m0/s1. The van der Waals surface area contributed by atoms with Crippen LogP contribution in [-0.2, 0) is 11.3 Å². The van der Waals surface area contributed by atoms with Crippen molar-refractivity contribution in [2.75, 3.05) is 11.9 Å². The summed E-state index contributed by atoms with van der Waals surface area (Å²) >= 11 is 0. The zero-order chi connectivity index (χ0) is 14.7. The average Bonchev–Trinajstić information content (AvgIpc) is 3.09. The summed E-state index contributed by atoms with van der Waals surface area (Å²) < 4.78 is 1.78. The maximum atomic E-state index is 12.0. The van der Waals surface area contributed by atoms with Gasteiger partial charge in [0, 0.05) is 18.8 Å². The minimum Gasteiger partial charge on any atom is -0.392 e. The Labute approximate surface area is 122 Å². The molecule has 0 bridgehead atoms. The van der Waals surface area contributed by atoms with Gasteiger partial charge in [-0.25, -0.2) is 0 Å². The molecule has 2 aromatic rings. The van der Waals surface area contributed by atoms with Gasteiger partial charge >= 0.3 is 0 Å². The van der Waals surface area contributed by atoms with Gasteiger partial charge in [-0.05, 0) is 12.0 Å². The molecule has 1 saturated heterocycles. The Balaban J connectivity index is 1.59. The number of β-amino-alcohol motifs (C(OH)–C–C–N with tert-alkyl or cyclic N) is 1. The summed E-state index contributed by atoms with van der Waals surface area (Å²) in [7, 11) is 0. The van der Waals surface area contributed by atoms with Crippen molar-refractivity contribution in [1.82, 2.24) is 15.1 Å². The molecule has 6 nitrogen and oxygen atoms in total. The number of benzene rings is 1. The number of anilines is 1. The van der Waals surface area contributed by atoms with Crippen molar-refractivity contribution in [1.29, 1.82) is 0 Å². The van der Waals surface area contributed by atoms with Crippen molar-refractivity contribution >= 4 is 11.7 Å². The van der Waals surface area contributed by atoms with Crippen LogP contribution in [0.3, 0.4) is 0 Å². The number of nitrogens with zero attached hydrogens (tertiary/aromatic N) is 2. The molecular weight excluding hydrogens is 268 g/mol. The van der Waals surface area contributed by atoms with Crippen LogP contribution in [0.25, 0.3) is 0 Å². The molecule has 1 fully saturated rings. The lowest BCUT2D eigenvalue weighted by Gasteiger charge is -2.08. The van der Waals surface area contributed by atoms with Crippen LogP contribution in [-0.4, -0.2) is 39.5 Å². The van der Waals surface area contributed by atoms with E-state index in [1.807, 2.05) is 36.5 Å². The number of rotatable bonds is 4. The van der Waals surface area contributed by atoms with Gasteiger partial charge in [0.25, 0.3) is 0 Å². The number of aromatic nitrogens is 2. The van der Waals surface area contributed by atoms with Crippen molar-refractivity contribution in [2.24, 2.45) is 0 Å². The van der Waals surface area contributed by atoms with Crippen LogP contribution in [0.4, 0.5) is 5.82 Å². The Morgan fingerprint density at radius 3 is 2.90 bits per heavy atom. The monoisotopic (exact) mass is 286 g/mol. The summed E-state index contributed by atoms with van der Waals surface area (Å²) in [6.07, 6.45) is 1.83. The molecule has 1 aromatic carbocycles. The molecule has 1 aliphatic rings. The minimum absolute atomic E-state index is 0.156. The number of aliphatic hydroxyl groups excluding tert-OH is 1. The number of hydrogen-bond acceptors (Lipinski definition) is 4. The molecule has 1 aromatic heterocycles. The molecule has 0 spiro atoms. The summed E-state index contributed by atoms with van der Waals surface area (Å²) in [6.45, 7) is 1.12. The molecule has 0 unspecified atom stereocenters. The van der Waals surface area contributed by atoms with Crippen molar-refractivity contribution in [3.63, 3.8) is 0 Å². The molecule has 1 aliphatic heterocycles. The van der Waals surface area contributed by atoms with Crippen molar-refractivity contribution in [3.05, 3.63) is 48.2 Å². The van der Waals surface area contributed by atoms with E-state index < -0.39 is 6.10 Å². The van der Waals surface area contributed by atoms with Crippen molar-refractivity contribution in [3.8, 4) is 0 Å². The van der Waals surface area contributed by atoms with Gasteiger partial charge in [-0.3, -0.25) is 9.48 Å². The second-order valence-electron chi connectivity index (χ2n) is 5.22. The Bertz CT molecular complexity index is 611. The van der Waals surface area contributed by atoms with E-state index in [1.54, 1.807) is 10.7 Å². The highest BCUT2D eigenvalue weighted by Gasteiger charge is 2.28. The van der Waals surface area contributed by atoms with Crippen LogP contribution < -0.4 is 10.6 Å². The van der Waals surface area contributed by atoms with Crippen LogP contribution in [0.15, 0.2) is 42.6 Å². The number of amides is 1. The number of nitrogens with one attached hydrogen (secondary N) is 2. The highest BCUT2D eigenvalue weighted by Crippen LogP contribution is 2.10. The van der Waals surface area contributed by atoms with E-state index in [0.29, 0.717) is 25.3 Å². The summed E-state index contributed by atoms with van der Waals surface area (Å²) in [6, 6.07) is 11.4. The Hall–Kier alpha value is -2.18. The summed E-state index contributed by atoms with van der Waals surface area (Å²) in [4.78, 5) is 12.0. The molecule has 0 radical (unpaired) electrons. The molecule has 2 atom stereocenters. The first-order valence-electron chi connectivity index (χ1n) is 7.00. The first kappa shape index (κ1) is 13.8.